The van der Waals surface area contributed by atoms with Crippen molar-refractivity contribution in [1.29, 1.82) is 0 Å². The van der Waals surface area contributed by atoms with Crippen LogP contribution < -0.4 is 5.32 Å². The second-order valence-corrected chi connectivity index (χ2v) is 6.81. The number of aliphatic hydroxyl groups excluding tert-OH is 1. The van der Waals surface area contributed by atoms with Gasteiger partial charge in [-0.25, -0.2) is 0 Å². The van der Waals surface area contributed by atoms with Crippen molar-refractivity contribution >= 4 is 29.3 Å². The van der Waals surface area contributed by atoms with Gasteiger partial charge in [0.15, 0.2) is 0 Å². The van der Waals surface area contributed by atoms with Gasteiger partial charge in [-0.2, -0.15) is 0 Å². The first kappa shape index (κ1) is 15.7. The second kappa shape index (κ2) is 7.91. The van der Waals surface area contributed by atoms with E-state index < -0.39 is 0 Å². The van der Waals surface area contributed by atoms with Crippen LogP contribution in [0.5, 0.6) is 0 Å². The number of aliphatic hydroxyl groups is 1. The van der Waals surface area contributed by atoms with Crippen molar-refractivity contribution in [3.05, 3.63) is 29.3 Å². The number of rotatable bonds is 7. The average Bonchev–Trinajstić information content (AvgIpc) is 2.40. The monoisotopic (exact) mass is 313 g/mol. The molecule has 0 aliphatic heterocycles. The Morgan fingerprint density at radius 1 is 1.35 bits per heavy atom. The van der Waals surface area contributed by atoms with Gasteiger partial charge in [0.1, 0.15) is 0 Å². The van der Waals surface area contributed by atoms with E-state index >= 15 is 0 Å². The third-order valence-corrected chi connectivity index (χ3v) is 4.78. The van der Waals surface area contributed by atoms with Crippen LogP contribution in [-0.4, -0.2) is 29.4 Å². The summed E-state index contributed by atoms with van der Waals surface area (Å²) in [5, 5.41) is 12.8. The molecule has 2 rings (SSSR count). The molecular formula is C15H20ClNO2S. The predicted molar refractivity (Wildman–Crippen MR) is 83.2 cm³/mol. The Labute approximate surface area is 129 Å². The highest BCUT2D eigenvalue weighted by molar-refractivity contribution is 7.99. The van der Waals surface area contributed by atoms with Crippen molar-refractivity contribution in [1.82, 2.24) is 5.32 Å². The first-order valence-corrected chi connectivity index (χ1v) is 8.33. The van der Waals surface area contributed by atoms with Crippen LogP contribution in [-0.2, 0) is 4.79 Å². The highest BCUT2D eigenvalue weighted by Gasteiger charge is 2.26. The minimum Gasteiger partial charge on any atom is -0.393 e. The number of thioether (sulfide) groups is 1. The molecule has 1 aromatic rings. The highest BCUT2D eigenvalue weighted by Crippen LogP contribution is 2.26. The topological polar surface area (TPSA) is 49.3 Å². The van der Waals surface area contributed by atoms with Gasteiger partial charge in [-0.3, -0.25) is 4.79 Å². The molecule has 0 heterocycles. The van der Waals surface area contributed by atoms with Crippen molar-refractivity contribution in [2.45, 2.75) is 36.7 Å². The molecule has 1 amide bonds. The lowest BCUT2D eigenvalue weighted by Crippen LogP contribution is -2.38. The summed E-state index contributed by atoms with van der Waals surface area (Å²) >= 11 is 7.56. The zero-order chi connectivity index (χ0) is 14.4. The SMILES string of the molecule is O=C(CCCSc1ccc(Cl)cc1)NCC1CC(O)C1. The Hall–Kier alpha value is -0.710. The Balaban J connectivity index is 1.52. The number of nitrogens with one attached hydrogen (secondary N) is 1. The Bertz CT molecular complexity index is 432. The summed E-state index contributed by atoms with van der Waals surface area (Å²) in [6.45, 7) is 0.709. The summed E-state index contributed by atoms with van der Waals surface area (Å²) in [4.78, 5) is 12.8. The van der Waals surface area contributed by atoms with E-state index in [9.17, 15) is 4.79 Å². The van der Waals surface area contributed by atoms with E-state index in [0.717, 1.165) is 30.0 Å². The lowest BCUT2D eigenvalue weighted by molar-refractivity contribution is -0.121. The molecular weight excluding hydrogens is 294 g/mol. The van der Waals surface area contributed by atoms with Gasteiger partial charge in [-0.1, -0.05) is 11.6 Å². The first-order chi connectivity index (χ1) is 9.63. The molecule has 0 unspecified atom stereocenters. The van der Waals surface area contributed by atoms with Gasteiger partial charge in [0, 0.05) is 22.9 Å². The van der Waals surface area contributed by atoms with Crippen LogP contribution in [0.2, 0.25) is 5.02 Å². The molecule has 0 aromatic heterocycles. The fourth-order valence-corrected chi connectivity index (χ4v) is 3.15. The van der Waals surface area contributed by atoms with E-state index in [2.05, 4.69) is 5.32 Å². The van der Waals surface area contributed by atoms with Crippen LogP contribution in [0.4, 0.5) is 0 Å². The molecule has 2 N–H and O–H groups in total. The molecule has 1 saturated carbocycles. The molecule has 1 aliphatic rings. The number of amides is 1. The van der Waals surface area contributed by atoms with E-state index in [1.807, 2.05) is 24.3 Å². The summed E-state index contributed by atoms with van der Waals surface area (Å²) in [6.07, 6.45) is 2.94. The van der Waals surface area contributed by atoms with Gasteiger partial charge in [-0.15, -0.1) is 11.8 Å². The molecule has 0 radical (unpaired) electrons. The van der Waals surface area contributed by atoms with E-state index in [-0.39, 0.29) is 12.0 Å². The van der Waals surface area contributed by atoms with E-state index in [4.69, 9.17) is 16.7 Å². The zero-order valence-electron chi connectivity index (χ0n) is 11.3. The molecule has 0 spiro atoms. The maximum atomic E-state index is 11.6. The van der Waals surface area contributed by atoms with Gasteiger partial charge in [0.25, 0.3) is 0 Å². The van der Waals surface area contributed by atoms with Crippen molar-refractivity contribution in [2.24, 2.45) is 5.92 Å². The quantitative estimate of drug-likeness (QED) is 0.601. The largest absolute Gasteiger partial charge is 0.393 e. The van der Waals surface area contributed by atoms with Crippen LogP contribution in [0.3, 0.4) is 0 Å². The third kappa shape index (κ3) is 5.35. The fourth-order valence-electron chi connectivity index (χ4n) is 2.17. The standard InChI is InChI=1S/C15H20ClNO2S/c16-12-3-5-14(6-4-12)20-7-1-2-15(19)17-10-11-8-13(18)9-11/h3-6,11,13,18H,1-2,7-10H2,(H,17,19). The number of carbonyl (C=O) groups excluding carboxylic acids is 1. The lowest BCUT2D eigenvalue weighted by Gasteiger charge is -2.31. The van der Waals surface area contributed by atoms with Crippen LogP contribution in [0.25, 0.3) is 0 Å². The Kier molecular flexibility index (Phi) is 6.20. The zero-order valence-corrected chi connectivity index (χ0v) is 12.9. The molecule has 0 bridgehead atoms. The predicted octanol–water partition coefficient (Wildman–Crippen LogP) is 3.10. The minimum atomic E-state index is -0.146. The van der Waals surface area contributed by atoms with E-state index in [1.165, 1.54) is 4.90 Å². The normalized spacial score (nSPS) is 21.3. The van der Waals surface area contributed by atoms with Crippen molar-refractivity contribution in [3.63, 3.8) is 0 Å². The molecule has 0 saturated heterocycles. The maximum absolute atomic E-state index is 11.6. The van der Waals surface area contributed by atoms with Crippen LogP contribution >= 0.6 is 23.4 Å². The molecule has 5 heteroatoms. The summed E-state index contributed by atoms with van der Waals surface area (Å²) in [7, 11) is 0. The van der Waals surface area contributed by atoms with Crippen LogP contribution in [0.15, 0.2) is 29.2 Å². The molecule has 3 nitrogen and oxygen atoms in total. The summed E-state index contributed by atoms with van der Waals surface area (Å²) in [5.41, 5.74) is 0. The summed E-state index contributed by atoms with van der Waals surface area (Å²) in [6, 6.07) is 7.75. The van der Waals surface area contributed by atoms with E-state index in [1.54, 1.807) is 11.8 Å². The lowest BCUT2D eigenvalue weighted by atomic mass is 9.82. The van der Waals surface area contributed by atoms with Crippen LogP contribution in [0.1, 0.15) is 25.7 Å². The van der Waals surface area contributed by atoms with Gasteiger partial charge in [-0.05, 0) is 55.2 Å². The van der Waals surface area contributed by atoms with Crippen molar-refractivity contribution in [2.75, 3.05) is 12.3 Å². The molecule has 0 atom stereocenters. The summed E-state index contributed by atoms with van der Waals surface area (Å²) < 4.78 is 0. The fraction of sp³-hybridized carbons (Fsp3) is 0.533. The molecule has 110 valence electrons. The molecule has 20 heavy (non-hydrogen) atoms. The Morgan fingerprint density at radius 2 is 2.05 bits per heavy atom. The Morgan fingerprint density at radius 3 is 2.70 bits per heavy atom. The van der Waals surface area contributed by atoms with Crippen molar-refractivity contribution in [3.8, 4) is 0 Å². The average molecular weight is 314 g/mol. The van der Waals surface area contributed by atoms with E-state index in [0.29, 0.717) is 18.9 Å². The smallest absolute Gasteiger partial charge is 0.220 e. The number of hydrogen-bond donors (Lipinski definition) is 2. The number of halogens is 1. The summed E-state index contributed by atoms with van der Waals surface area (Å²) in [5.74, 6) is 1.51. The van der Waals surface area contributed by atoms with Crippen LogP contribution in [0, 0.1) is 5.92 Å². The number of carbonyl (C=O) groups is 1. The number of benzene rings is 1. The van der Waals surface area contributed by atoms with Gasteiger partial charge < -0.3 is 10.4 Å². The van der Waals surface area contributed by atoms with Gasteiger partial charge >= 0.3 is 0 Å². The van der Waals surface area contributed by atoms with Gasteiger partial charge in [0.2, 0.25) is 5.91 Å². The minimum absolute atomic E-state index is 0.114. The third-order valence-electron chi connectivity index (χ3n) is 3.43. The number of hydrogen-bond acceptors (Lipinski definition) is 3. The maximum Gasteiger partial charge on any atom is 0.220 e. The van der Waals surface area contributed by atoms with Gasteiger partial charge in [0.05, 0.1) is 6.10 Å². The molecule has 1 aromatic carbocycles. The first-order valence-electron chi connectivity index (χ1n) is 6.96. The molecule has 1 fully saturated rings. The second-order valence-electron chi connectivity index (χ2n) is 5.20. The highest BCUT2D eigenvalue weighted by atomic mass is 35.5. The molecule has 1 aliphatic carbocycles. The van der Waals surface area contributed by atoms with Crippen molar-refractivity contribution < 1.29 is 9.90 Å².